The van der Waals surface area contributed by atoms with Gasteiger partial charge in [0.1, 0.15) is 11.7 Å². The van der Waals surface area contributed by atoms with Gasteiger partial charge in [0.25, 0.3) is 5.91 Å². The number of fused-ring (bicyclic) bond motifs is 3. The Bertz CT molecular complexity index is 1190. The quantitative estimate of drug-likeness (QED) is 0.357. The van der Waals surface area contributed by atoms with Gasteiger partial charge in [0.15, 0.2) is 11.9 Å². The number of nitrogens with two attached hydrogens (primary N) is 1. The van der Waals surface area contributed by atoms with Crippen molar-refractivity contribution in [3.05, 3.63) is 47.2 Å². The normalized spacial score (nSPS) is 38.3. The van der Waals surface area contributed by atoms with Crippen LogP contribution in [0.3, 0.4) is 0 Å². The number of allylic oxidation sites excluding steroid dienone is 5. The zero-order valence-corrected chi connectivity index (χ0v) is 25.4. The maximum atomic E-state index is 13.4. The van der Waals surface area contributed by atoms with E-state index in [0.29, 0.717) is 6.42 Å². The Labute approximate surface area is 246 Å². The molecule has 9 atom stereocenters. The molecule has 12 heteroatoms. The van der Waals surface area contributed by atoms with Crippen LogP contribution in [0, 0.1) is 11.8 Å². The van der Waals surface area contributed by atoms with Gasteiger partial charge in [-0.25, -0.2) is 4.79 Å². The lowest BCUT2D eigenvalue weighted by Crippen LogP contribution is -2.47. The number of rotatable bonds is 5. The molecule has 42 heavy (non-hydrogen) atoms. The summed E-state index contributed by atoms with van der Waals surface area (Å²) in [5, 5.41) is 2.55. The second kappa shape index (κ2) is 13.9. The van der Waals surface area contributed by atoms with Crippen LogP contribution in [0.5, 0.6) is 0 Å². The Morgan fingerprint density at radius 2 is 1.74 bits per heavy atom. The number of carbonyl (C=O) groups excluding carboxylic acids is 4. The van der Waals surface area contributed by atoms with Crippen LogP contribution < -0.4 is 11.1 Å². The number of epoxide rings is 1. The maximum Gasteiger partial charge on any atom is 0.404 e. The first-order valence-electron chi connectivity index (χ1n) is 13.8. The van der Waals surface area contributed by atoms with Crippen molar-refractivity contribution in [3.8, 4) is 0 Å². The summed E-state index contributed by atoms with van der Waals surface area (Å²) in [7, 11) is 6.04. The van der Waals surface area contributed by atoms with E-state index in [2.05, 4.69) is 5.32 Å². The van der Waals surface area contributed by atoms with Crippen molar-refractivity contribution >= 4 is 23.6 Å². The van der Waals surface area contributed by atoms with Gasteiger partial charge in [-0.3, -0.25) is 14.4 Å². The molecule has 12 nitrogen and oxygen atoms in total. The van der Waals surface area contributed by atoms with Crippen LogP contribution in [0.25, 0.3) is 0 Å². The van der Waals surface area contributed by atoms with Crippen LogP contribution in [-0.4, -0.2) is 94.2 Å². The molecule has 232 valence electrons. The highest BCUT2D eigenvalue weighted by Crippen LogP contribution is 2.48. The predicted molar refractivity (Wildman–Crippen MR) is 151 cm³/mol. The Balaban J connectivity index is 2.09. The van der Waals surface area contributed by atoms with E-state index in [4.69, 9.17) is 34.2 Å². The predicted octanol–water partition coefficient (Wildman–Crippen LogP) is 1.92. The van der Waals surface area contributed by atoms with Crippen molar-refractivity contribution in [3.63, 3.8) is 0 Å². The first-order chi connectivity index (χ1) is 19.8. The van der Waals surface area contributed by atoms with Crippen LogP contribution in [0.2, 0.25) is 0 Å². The first kappa shape index (κ1) is 33.3. The molecule has 3 rings (SSSR count). The molecular weight excluding hydrogens is 548 g/mol. The van der Waals surface area contributed by atoms with Crippen molar-refractivity contribution in [1.29, 1.82) is 0 Å². The molecule has 0 aromatic rings. The molecule has 1 saturated heterocycles. The van der Waals surface area contributed by atoms with E-state index in [9.17, 15) is 19.2 Å². The summed E-state index contributed by atoms with van der Waals surface area (Å²) in [5.74, 6) is -2.10. The molecule has 2 bridgehead atoms. The third-order valence-corrected chi connectivity index (χ3v) is 8.23. The van der Waals surface area contributed by atoms with Gasteiger partial charge < -0.3 is 39.5 Å². The second-order valence-corrected chi connectivity index (χ2v) is 11.1. The van der Waals surface area contributed by atoms with Crippen LogP contribution in [-0.2, 0) is 42.8 Å². The number of ketones is 2. The molecule has 1 aliphatic carbocycles. The molecular formula is C30H42N2O10. The van der Waals surface area contributed by atoms with Crippen LogP contribution in [0.1, 0.15) is 34.1 Å². The van der Waals surface area contributed by atoms with E-state index in [1.54, 1.807) is 40.2 Å². The largest absolute Gasteiger partial charge is 0.440 e. The number of hydrogen-bond donors (Lipinski definition) is 2. The summed E-state index contributed by atoms with van der Waals surface area (Å²) in [6.07, 6.45) is 2.53. The molecule has 2 amide bonds. The highest BCUT2D eigenvalue weighted by Gasteiger charge is 2.64. The van der Waals surface area contributed by atoms with Gasteiger partial charge in [-0.05, 0) is 32.3 Å². The van der Waals surface area contributed by atoms with Crippen LogP contribution >= 0.6 is 0 Å². The molecule has 0 aromatic carbocycles. The minimum atomic E-state index is -0.992. The van der Waals surface area contributed by atoms with Crippen molar-refractivity contribution < 1.29 is 47.6 Å². The standard InChI is InChI=1S/C30H42N2O10/c1-15-10-9-11-21(37-5)27(41-29(31)36)30(4)26(42-30)17(3)25(40-8)22(38-6)12-16(2)24(39-7)19-13-18(33)14-20(23(19)34)32-28(15)35/h9-11,13-14,16-17,21-22,24-27H,12H2,1-8H3,(H2,31,36)(H,32,35)/b11-9-,15-10+/t16-,17+,21?,22-,24+,25?,26?,27+,30?/m0/s1. The number of nitrogens with one attached hydrogen (secondary N) is 1. The Morgan fingerprint density at radius 3 is 2.31 bits per heavy atom. The second-order valence-electron chi connectivity index (χ2n) is 11.1. The Kier molecular flexibility index (Phi) is 11.0. The summed E-state index contributed by atoms with van der Waals surface area (Å²) in [6, 6.07) is 0. The fraction of sp³-hybridized carbons (Fsp3) is 0.600. The molecule has 2 aliphatic heterocycles. The minimum Gasteiger partial charge on any atom is -0.440 e. The molecule has 2 heterocycles. The highest BCUT2D eigenvalue weighted by molar-refractivity contribution is 6.22. The lowest BCUT2D eigenvalue weighted by atomic mass is 9.81. The maximum absolute atomic E-state index is 13.4. The smallest absolute Gasteiger partial charge is 0.404 e. The van der Waals surface area contributed by atoms with Gasteiger partial charge in [-0.15, -0.1) is 0 Å². The zero-order chi connectivity index (χ0) is 31.4. The molecule has 4 unspecified atom stereocenters. The average molecular weight is 591 g/mol. The van der Waals surface area contributed by atoms with Gasteiger partial charge in [0.05, 0.1) is 30.1 Å². The van der Waals surface area contributed by atoms with E-state index < -0.39 is 65.8 Å². The first-order valence-corrected chi connectivity index (χ1v) is 13.8. The lowest BCUT2D eigenvalue weighted by Gasteiger charge is -2.34. The molecule has 0 saturated carbocycles. The van der Waals surface area contributed by atoms with Crippen LogP contribution in [0.4, 0.5) is 4.79 Å². The van der Waals surface area contributed by atoms with Crippen molar-refractivity contribution in [2.45, 2.75) is 76.3 Å². The summed E-state index contributed by atoms with van der Waals surface area (Å²) in [4.78, 5) is 50.9. The summed E-state index contributed by atoms with van der Waals surface area (Å²) in [6.45, 7) is 7.18. The third kappa shape index (κ3) is 7.07. The fourth-order valence-electron chi connectivity index (χ4n) is 5.97. The van der Waals surface area contributed by atoms with E-state index in [1.165, 1.54) is 26.4 Å². The van der Waals surface area contributed by atoms with Gasteiger partial charge in [0.2, 0.25) is 5.78 Å². The van der Waals surface area contributed by atoms with E-state index >= 15 is 0 Å². The SMILES string of the molecule is COC1[C@@H](C)C2OC2(C)[C@H](OC(N)=O)C(OC)/C=C\C=C(/C)C(=O)NC2=CC(=O)C=C(C2=O)[C@H](OC)[C@@H](C)C[C@@H]1OC. The molecule has 1 fully saturated rings. The molecule has 3 N–H and O–H groups in total. The van der Waals surface area contributed by atoms with Crippen molar-refractivity contribution in [2.24, 2.45) is 17.6 Å². The van der Waals surface area contributed by atoms with Gasteiger partial charge >= 0.3 is 6.09 Å². The number of amides is 2. The van der Waals surface area contributed by atoms with Crippen LogP contribution in [0.15, 0.2) is 47.2 Å². The fourth-order valence-corrected chi connectivity index (χ4v) is 5.97. The number of Topliss-reactive ketones (excluding diaryl/α,β-unsaturated/α-hetero) is 1. The average Bonchev–Trinajstić information content (AvgIpc) is 3.64. The third-order valence-electron chi connectivity index (χ3n) is 8.23. The van der Waals surface area contributed by atoms with Crippen molar-refractivity contribution in [2.75, 3.05) is 28.4 Å². The van der Waals surface area contributed by atoms with E-state index in [1.807, 2.05) is 13.8 Å². The summed E-state index contributed by atoms with van der Waals surface area (Å²) in [5.41, 5.74) is 4.68. The zero-order valence-electron chi connectivity index (χ0n) is 25.4. The highest BCUT2D eigenvalue weighted by atomic mass is 16.7. The number of hydrogen-bond acceptors (Lipinski definition) is 10. The van der Waals surface area contributed by atoms with Gasteiger partial charge in [-0.1, -0.05) is 32.1 Å². The van der Waals surface area contributed by atoms with Crippen molar-refractivity contribution in [1.82, 2.24) is 5.32 Å². The lowest BCUT2D eigenvalue weighted by molar-refractivity contribution is -0.120. The monoisotopic (exact) mass is 590 g/mol. The Hall–Kier alpha value is -3.16. The number of carbonyl (C=O) groups is 4. The van der Waals surface area contributed by atoms with Gasteiger partial charge in [-0.2, -0.15) is 0 Å². The topological polar surface area (TPSA) is 165 Å². The summed E-state index contributed by atoms with van der Waals surface area (Å²) >= 11 is 0. The van der Waals surface area contributed by atoms with Gasteiger partial charge in [0, 0.05) is 51.6 Å². The molecule has 0 radical (unpaired) electrons. The van der Waals surface area contributed by atoms with E-state index in [0.717, 1.165) is 6.08 Å². The molecule has 0 spiro atoms. The number of methoxy groups -OCH3 is 4. The number of ether oxygens (including phenoxy) is 6. The summed E-state index contributed by atoms with van der Waals surface area (Å²) < 4.78 is 34.8. The number of primary amides is 1. The minimum absolute atomic E-state index is 0.136. The molecule has 0 aromatic heterocycles. The Morgan fingerprint density at radius 1 is 1.05 bits per heavy atom. The molecule has 3 aliphatic rings. The van der Waals surface area contributed by atoms with E-state index in [-0.39, 0.29) is 28.7 Å².